The number of thiophene rings is 1. The lowest BCUT2D eigenvalue weighted by Crippen LogP contribution is -2.37. The number of fused-ring (bicyclic) bond motifs is 1. The van der Waals surface area contributed by atoms with E-state index >= 15 is 0 Å². The normalized spacial score (nSPS) is 22.1. The molecule has 24 heavy (non-hydrogen) atoms. The Kier molecular flexibility index (Phi) is 4.38. The summed E-state index contributed by atoms with van der Waals surface area (Å²) in [6.07, 6.45) is 1.10. The molecule has 1 nitrogen and oxygen atoms in total. The first-order chi connectivity index (χ1) is 11.7. The predicted octanol–water partition coefficient (Wildman–Crippen LogP) is 5.67. The number of nitrogens with zero attached hydrogens (tertiary/aromatic N) is 1. The van der Waals surface area contributed by atoms with E-state index in [1.807, 2.05) is 6.07 Å². The summed E-state index contributed by atoms with van der Waals surface area (Å²) in [5.74, 6) is 0.887. The molecule has 3 heteroatoms. The van der Waals surface area contributed by atoms with Crippen LogP contribution in [-0.4, -0.2) is 18.0 Å². The molecular formula is C21H22FNS. The molecule has 0 radical (unpaired) electrons. The lowest BCUT2D eigenvalue weighted by Gasteiger charge is -2.37. The molecule has 2 heterocycles. The quantitative estimate of drug-likeness (QED) is 0.594. The average Bonchev–Trinajstić information content (AvgIpc) is 3.03. The lowest BCUT2D eigenvalue weighted by atomic mass is 9.81. The molecule has 1 aliphatic rings. The van der Waals surface area contributed by atoms with Gasteiger partial charge in [0.15, 0.2) is 0 Å². The molecular weight excluding hydrogens is 317 g/mol. The maximum atomic E-state index is 14.0. The minimum Gasteiger partial charge on any atom is -0.299 e. The standard InChI is InChI=1S/C21H22FNS/c1-15-13-23(14-16-5-3-2-4-6-16)9-7-19(15)20-12-18(22)11-17-8-10-24-21(17)20/h2-6,8,10-12,15,19H,7,9,13-14H2,1H3. The highest BCUT2D eigenvalue weighted by Gasteiger charge is 2.29. The fourth-order valence-electron chi connectivity index (χ4n) is 4.03. The zero-order valence-corrected chi connectivity index (χ0v) is 14.7. The molecule has 3 aromatic rings. The van der Waals surface area contributed by atoms with E-state index in [4.69, 9.17) is 0 Å². The number of hydrogen-bond donors (Lipinski definition) is 0. The molecule has 1 fully saturated rings. The molecule has 4 rings (SSSR count). The first kappa shape index (κ1) is 15.8. The molecule has 1 aromatic heterocycles. The van der Waals surface area contributed by atoms with Crippen molar-refractivity contribution in [3.05, 3.63) is 70.9 Å². The fraction of sp³-hybridized carbons (Fsp3) is 0.333. The predicted molar refractivity (Wildman–Crippen MR) is 100 cm³/mol. The van der Waals surface area contributed by atoms with Crippen LogP contribution in [-0.2, 0) is 6.54 Å². The van der Waals surface area contributed by atoms with Crippen molar-refractivity contribution in [3.8, 4) is 0 Å². The third-order valence-corrected chi connectivity index (χ3v) is 6.16. The second-order valence-corrected chi connectivity index (χ2v) is 7.84. The Morgan fingerprint density at radius 2 is 2.00 bits per heavy atom. The Bertz CT molecular complexity index is 826. The summed E-state index contributed by atoms with van der Waals surface area (Å²) < 4.78 is 15.3. The molecule has 2 atom stereocenters. The van der Waals surface area contributed by atoms with Crippen molar-refractivity contribution >= 4 is 21.4 Å². The molecule has 2 unspecified atom stereocenters. The third-order valence-electron chi connectivity index (χ3n) is 5.18. The average molecular weight is 339 g/mol. The fourth-order valence-corrected chi connectivity index (χ4v) is 4.99. The van der Waals surface area contributed by atoms with Gasteiger partial charge in [-0.1, -0.05) is 37.3 Å². The number of halogens is 1. The van der Waals surface area contributed by atoms with Gasteiger partial charge in [-0.05, 0) is 64.9 Å². The minimum absolute atomic E-state index is 0.102. The highest BCUT2D eigenvalue weighted by molar-refractivity contribution is 7.17. The molecule has 0 amide bonds. The van der Waals surface area contributed by atoms with Crippen molar-refractivity contribution in [1.29, 1.82) is 0 Å². The van der Waals surface area contributed by atoms with Gasteiger partial charge >= 0.3 is 0 Å². The first-order valence-electron chi connectivity index (χ1n) is 8.63. The van der Waals surface area contributed by atoms with Gasteiger partial charge in [-0.3, -0.25) is 4.90 Å². The van der Waals surface area contributed by atoms with E-state index in [0.29, 0.717) is 11.8 Å². The van der Waals surface area contributed by atoms with Crippen LogP contribution in [0.15, 0.2) is 53.9 Å². The number of piperidine rings is 1. The van der Waals surface area contributed by atoms with Gasteiger partial charge in [-0.2, -0.15) is 0 Å². The highest BCUT2D eigenvalue weighted by atomic mass is 32.1. The largest absolute Gasteiger partial charge is 0.299 e. The number of rotatable bonds is 3. The SMILES string of the molecule is CC1CN(Cc2ccccc2)CCC1c1cc(F)cc2ccsc12. The lowest BCUT2D eigenvalue weighted by molar-refractivity contribution is 0.156. The van der Waals surface area contributed by atoms with E-state index in [-0.39, 0.29) is 5.82 Å². The second kappa shape index (κ2) is 6.66. The van der Waals surface area contributed by atoms with E-state index in [1.165, 1.54) is 15.8 Å². The number of hydrogen-bond acceptors (Lipinski definition) is 2. The van der Waals surface area contributed by atoms with E-state index in [1.54, 1.807) is 23.5 Å². The van der Waals surface area contributed by atoms with Crippen LogP contribution in [0, 0.1) is 11.7 Å². The molecule has 124 valence electrons. The van der Waals surface area contributed by atoms with Gasteiger partial charge in [0, 0.05) is 17.8 Å². The Balaban J connectivity index is 1.53. The Hall–Kier alpha value is -1.71. The monoisotopic (exact) mass is 339 g/mol. The van der Waals surface area contributed by atoms with Crippen LogP contribution in [0.1, 0.15) is 30.4 Å². The third kappa shape index (κ3) is 3.11. The van der Waals surface area contributed by atoms with Crippen LogP contribution in [0.2, 0.25) is 0 Å². The van der Waals surface area contributed by atoms with Gasteiger partial charge in [0.1, 0.15) is 5.82 Å². The van der Waals surface area contributed by atoms with E-state index in [2.05, 4.69) is 47.5 Å². The molecule has 2 aromatic carbocycles. The van der Waals surface area contributed by atoms with Gasteiger partial charge in [0.05, 0.1) is 0 Å². The van der Waals surface area contributed by atoms with Gasteiger partial charge in [-0.15, -0.1) is 11.3 Å². The maximum absolute atomic E-state index is 14.0. The summed E-state index contributed by atoms with van der Waals surface area (Å²) in [4.78, 5) is 2.53. The van der Waals surface area contributed by atoms with Gasteiger partial charge in [0.2, 0.25) is 0 Å². The van der Waals surface area contributed by atoms with Crippen LogP contribution in [0.4, 0.5) is 4.39 Å². The summed E-state index contributed by atoms with van der Waals surface area (Å²) in [6.45, 7) is 5.47. The number of likely N-dealkylation sites (tertiary alicyclic amines) is 1. The minimum atomic E-state index is -0.102. The van der Waals surface area contributed by atoms with Gasteiger partial charge < -0.3 is 0 Å². The van der Waals surface area contributed by atoms with Crippen molar-refractivity contribution in [2.24, 2.45) is 5.92 Å². The van der Waals surface area contributed by atoms with Crippen LogP contribution in [0.3, 0.4) is 0 Å². The summed E-state index contributed by atoms with van der Waals surface area (Å²) in [7, 11) is 0. The summed E-state index contributed by atoms with van der Waals surface area (Å²) in [5, 5.41) is 3.12. The van der Waals surface area contributed by atoms with Crippen LogP contribution >= 0.6 is 11.3 Å². The molecule has 0 N–H and O–H groups in total. The van der Waals surface area contributed by atoms with E-state index < -0.39 is 0 Å². The Morgan fingerprint density at radius 1 is 1.17 bits per heavy atom. The molecule has 0 bridgehead atoms. The van der Waals surface area contributed by atoms with Gasteiger partial charge in [-0.25, -0.2) is 4.39 Å². The smallest absolute Gasteiger partial charge is 0.124 e. The molecule has 0 spiro atoms. The molecule has 1 saturated heterocycles. The van der Waals surface area contributed by atoms with Crippen LogP contribution in [0.5, 0.6) is 0 Å². The van der Waals surface area contributed by atoms with Crippen LogP contribution in [0.25, 0.3) is 10.1 Å². The zero-order chi connectivity index (χ0) is 16.5. The van der Waals surface area contributed by atoms with Gasteiger partial charge in [0.25, 0.3) is 0 Å². The van der Waals surface area contributed by atoms with E-state index in [0.717, 1.165) is 31.4 Å². The van der Waals surface area contributed by atoms with Crippen molar-refractivity contribution in [2.45, 2.75) is 25.8 Å². The molecule has 0 aliphatic carbocycles. The summed E-state index contributed by atoms with van der Waals surface area (Å²) in [5.41, 5.74) is 2.58. The van der Waals surface area contributed by atoms with Crippen molar-refractivity contribution < 1.29 is 4.39 Å². The topological polar surface area (TPSA) is 3.24 Å². The maximum Gasteiger partial charge on any atom is 0.124 e. The first-order valence-corrected chi connectivity index (χ1v) is 9.51. The zero-order valence-electron chi connectivity index (χ0n) is 13.9. The van der Waals surface area contributed by atoms with Crippen molar-refractivity contribution in [2.75, 3.05) is 13.1 Å². The Labute approximate surface area is 146 Å². The highest BCUT2D eigenvalue weighted by Crippen LogP contribution is 2.39. The number of benzene rings is 2. The molecule has 1 aliphatic heterocycles. The van der Waals surface area contributed by atoms with Crippen molar-refractivity contribution in [3.63, 3.8) is 0 Å². The summed E-state index contributed by atoms with van der Waals surface area (Å²) >= 11 is 1.74. The summed E-state index contributed by atoms with van der Waals surface area (Å²) in [6, 6.07) is 16.1. The second-order valence-electron chi connectivity index (χ2n) is 6.93. The molecule has 0 saturated carbocycles. The Morgan fingerprint density at radius 3 is 2.79 bits per heavy atom. The van der Waals surface area contributed by atoms with Crippen molar-refractivity contribution in [1.82, 2.24) is 4.90 Å². The van der Waals surface area contributed by atoms with Crippen LogP contribution < -0.4 is 0 Å². The van der Waals surface area contributed by atoms with E-state index in [9.17, 15) is 4.39 Å².